The third kappa shape index (κ3) is 3.93. The van der Waals surface area contributed by atoms with Crippen LogP contribution in [-0.4, -0.2) is 36.5 Å². The van der Waals surface area contributed by atoms with Gasteiger partial charge >= 0.3 is 0 Å². The van der Waals surface area contributed by atoms with Crippen LogP contribution in [0.15, 0.2) is 18.2 Å². The van der Waals surface area contributed by atoms with Gasteiger partial charge in [-0.25, -0.2) is 4.39 Å². The molecule has 116 valence electrons. The van der Waals surface area contributed by atoms with Gasteiger partial charge in [-0.15, -0.1) is 0 Å². The number of likely N-dealkylation sites (N-methyl/N-ethyl adjacent to an activating group) is 1. The van der Waals surface area contributed by atoms with Crippen LogP contribution in [0.3, 0.4) is 0 Å². The van der Waals surface area contributed by atoms with E-state index in [4.69, 9.17) is 17.3 Å². The Morgan fingerprint density at radius 3 is 2.95 bits per heavy atom. The summed E-state index contributed by atoms with van der Waals surface area (Å²) in [6, 6.07) is 4.55. The molecule has 3 unspecified atom stereocenters. The molecule has 1 fully saturated rings. The maximum atomic E-state index is 13.7. The van der Waals surface area contributed by atoms with Crippen molar-refractivity contribution >= 4 is 17.5 Å². The van der Waals surface area contributed by atoms with E-state index in [1.165, 1.54) is 6.07 Å². The zero-order valence-corrected chi connectivity index (χ0v) is 13.0. The Hall–Kier alpha value is -1.17. The Bertz CT molecular complexity index is 524. The zero-order valence-electron chi connectivity index (χ0n) is 12.3. The highest BCUT2D eigenvalue weighted by Crippen LogP contribution is 2.32. The first-order valence-corrected chi connectivity index (χ1v) is 7.46. The molecule has 21 heavy (non-hydrogen) atoms. The summed E-state index contributed by atoms with van der Waals surface area (Å²) in [5.41, 5.74) is 6.46. The molecular weight excluding hydrogens is 293 g/mol. The van der Waals surface area contributed by atoms with E-state index in [1.54, 1.807) is 13.0 Å². The van der Waals surface area contributed by atoms with Crippen LogP contribution >= 0.6 is 11.6 Å². The monoisotopic (exact) mass is 313 g/mol. The van der Waals surface area contributed by atoms with Crippen molar-refractivity contribution in [1.82, 2.24) is 10.2 Å². The molecule has 3 atom stereocenters. The summed E-state index contributed by atoms with van der Waals surface area (Å²) in [7, 11) is 1.97. The van der Waals surface area contributed by atoms with Crippen molar-refractivity contribution in [2.45, 2.75) is 37.9 Å². The maximum absolute atomic E-state index is 13.7. The Balaban J connectivity index is 2.14. The molecule has 0 bridgehead atoms. The Labute approximate surface area is 129 Å². The molecule has 0 aromatic heterocycles. The number of benzene rings is 1. The van der Waals surface area contributed by atoms with E-state index in [9.17, 15) is 9.18 Å². The lowest BCUT2D eigenvalue weighted by atomic mass is 9.99. The van der Waals surface area contributed by atoms with E-state index in [-0.39, 0.29) is 29.1 Å². The van der Waals surface area contributed by atoms with Crippen molar-refractivity contribution in [3.63, 3.8) is 0 Å². The predicted octanol–water partition coefficient (Wildman–Crippen LogP) is 2.08. The molecule has 2 rings (SSSR count). The molecular formula is C15H21ClFN3O. The molecule has 1 aromatic carbocycles. The number of carbonyl (C=O) groups is 1. The molecule has 3 N–H and O–H groups in total. The van der Waals surface area contributed by atoms with Gasteiger partial charge in [0.25, 0.3) is 0 Å². The van der Waals surface area contributed by atoms with Crippen LogP contribution in [0.4, 0.5) is 4.39 Å². The van der Waals surface area contributed by atoms with Crippen molar-refractivity contribution in [3.8, 4) is 0 Å². The number of nitrogens with one attached hydrogen (secondary N) is 1. The molecule has 0 saturated carbocycles. The van der Waals surface area contributed by atoms with Gasteiger partial charge in [0, 0.05) is 25.0 Å². The van der Waals surface area contributed by atoms with Crippen LogP contribution in [0, 0.1) is 5.82 Å². The van der Waals surface area contributed by atoms with E-state index < -0.39 is 5.82 Å². The van der Waals surface area contributed by atoms with Crippen molar-refractivity contribution in [2.75, 3.05) is 13.6 Å². The van der Waals surface area contributed by atoms with Crippen LogP contribution in [0.2, 0.25) is 5.02 Å². The second-order valence-corrected chi connectivity index (χ2v) is 6.15. The standard InChI is InChI=1S/C15H21ClFN3O/c1-9(18)7-14(21)19-13-5-6-20(2)15(13)10-3-4-11(16)12(17)8-10/h3-4,8-9,13,15H,5-7,18H2,1-2H3,(H,19,21). The summed E-state index contributed by atoms with van der Waals surface area (Å²) in [5.74, 6) is -0.500. The Morgan fingerprint density at radius 2 is 2.33 bits per heavy atom. The highest BCUT2D eigenvalue weighted by molar-refractivity contribution is 6.30. The summed E-state index contributed by atoms with van der Waals surface area (Å²) in [5, 5.41) is 3.12. The highest BCUT2D eigenvalue weighted by atomic mass is 35.5. The molecule has 6 heteroatoms. The van der Waals surface area contributed by atoms with Gasteiger partial charge < -0.3 is 11.1 Å². The number of nitrogens with zero attached hydrogens (tertiary/aromatic N) is 1. The first kappa shape index (κ1) is 16.2. The van der Waals surface area contributed by atoms with Gasteiger partial charge in [0.15, 0.2) is 0 Å². The fourth-order valence-corrected chi connectivity index (χ4v) is 2.96. The van der Waals surface area contributed by atoms with Crippen LogP contribution in [0.25, 0.3) is 0 Å². The van der Waals surface area contributed by atoms with Gasteiger partial charge in [-0.3, -0.25) is 9.69 Å². The van der Waals surface area contributed by atoms with Gasteiger partial charge in [-0.1, -0.05) is 17.7 Å². The minimum atomic E-state index is -0.435. The average molecular weight is 314 g/mol. The number of hydrogen-bond acceptors (Lipinski definition) is 3. The van der Waals surface area contributed by atoms with Crippen molar-refractivity contribution in [3.05, 3.63) is 34.6 Å². The molecule has 0 spiro atoms. The number of likely N-dealkylation sites (tertiary alicyclic amines) is 1. The van der Waals surface area contributed by atoms with Gasteiger partial charge in [0.05, 0.1) is 11.1 Å². The lowest BCUT2D eigenvalue weighted by molar-refractivity contribution is -0.122. The van der Waals surface area contributed by atoms with Gasteiger partial charge in [0.2, 0.25) is 5.91 Å². The van der Waals surface area contributed by atoms with Crippen molar-refractivity contribution in [1.29, 1.82) is 0 Å². The third-order valence-corrected chi connectivity index (χ3v) is 4.09. The summed E-state index contributed by atoms with van der Waals surface area (Å²) in [4.78, 5) is 14.0. The van der Waals surface area contributed by atoms with Gasteiger partial charge in [0.1, 0.15) is 5.82 Å². The Kier molecular flexibility index (Phi) is 5.19. The smallest absolute Gasteiger partial charge is 0.221 e. The Morgan fingerprint density at radius 1 is 1.62 bits per heavy atom. The van der Waals surface area contributed by atoms with Crippen LogP contribution in [-0.2, 0) is 4.79 Å². The summed E-state index contributed by atoms with van der Waals surface area (Å²) in [6.45, 7) is 2.64. The number of halogens is 2. The number of hydrogen-bond donors (Lipinski definition) is 2. The molecule has 0 radical (unpaired) electrons. The van der Waals surface area contributed by atoms with E-state index in [1.807, 2.05) is 13.1 Å². The third-order valence-electron chi connectivity index (χ3n) is 3.79. The lowest BCUT2D eigenvalue weighted by Crippen LogP contribution is -2.40. The first-order chi connectivity index (χ1) is 9.88. The molecule has 1 heterocycles. The number of carbonyl (C=O) groups excluding carboxylic acids is 1. The second-order valence-electron chi connectivity index (χ2n) is 5.74. The van der Waals surface area contributed by atoms with Crippen molar-refractivity contribution < 1.29 is 9.18 Å². The number of rotatable bonds is 4. The second kappa shape index (κ2) is 6.73. The van der Waals surface area contributed by atoms with Crippen LogP contribution < -0.4 is 11.1 Å². The molecule has 1 aromatic rings. The molecule has 4 nitrogen and oxygen atoms in total. The van der Waals surface area contributed by atoms with Crippen LogP contribution in [0.5, 0.6) is 0 Å². The number of amides is 1. The molecule has 0 aliphatic carbocycles. The van der Waals surface area contributed by atoms with Crippen molar-refractivity contribution in [2.24, 2.45) is 5.73 Å². The topological polar surface area (TPSA) is 58.4 Å². The normalized spacial score (nSPS) is 24.0. The predicted molar refractivity (Wildman–Crippen MR) is 81.6 cm³/mol. The summed E-state index contributed by atoms with van der Waals surface area (Å²) >= 11 is 5.73. The fourth-order valence-electron chi connectivity index (χ4n) is 2.84. The molecule has 1 saturated heterocycles. The van der Waals surface area contributed by atoms with E-state index >= 15 is 0 Å². The van der Waals surface area contributed by atoms with Gasteiger partial charge in [-0.2, -0.15) is 0 Å². The summed E-state index contributed by atoms with van der Waals surface area (Å²) < 4.78 is 13.7. The fraction of sp³-hybridized carbons (Fsp3) is 0.533. The largest absolute Gasteiger partial charge is 0.351 e. The van der Waals surface area contributed by atoms with Crippen LogP contribution in [0.1, 0.15) is 31.4 Å². The lowest BCUT2D eigenvalue weighted by Gasteiger charge is -2.26. The molecule has 1 aliphatic heterocycles. The molecule has 1 aliphatic rings. The quantitative estimate of drug-likeness (QED) is 0.895. The SMILES string of the molecule is CC(N)CC(=O)NC1CCN(C)C1c1ccc(Cl)c(F)c1. The van der Waals surface area contributed by atoms with E-state index in [2.05, 4.69) is 10.2 Å². The minimum Gasteiger partial charge on any atom is -0.351 e. The van der Waals surface area contributed by atoms with E-state index in [0.29, 0.717) is 6.42 Å². The minimum absolute atomic E-state index is 0.0400. The first-order valence-electron chi connectivity index (χ1n) is 7.08. The molecule has 1 amide bonds. The summed E-state index contributed by atoms with van der Waals surface area (Å²) in [6.07, 6.45) is 1.12. The van der Waals surface area contributed by atoms with E-state index in [0.717, 1.165) is 18.5 Å². The zero-order chi connectivity index (χ0) is 15.6. The maximum Gasteiger partial charge on any atom is 0.221 e. The number of nitrogens with two attached hydrogens (primary N) is 1. The highest BCUT2D eigenvalue weighted by Gasteiger charge is 2.34. The average Bonchev–Trinajstić information content (AvgIpc) is 2.73. The van der Waals surface area contributed by atoms with Gasteiger partial charge in [-0.05, 0) is 38.1 Å².